The Morgan fingerprint density at radius 1 is 1.00 bits per heavy atom. The average Bonchev–Trinajstić information content (AvgIpc) is 3.24. The van der Waals surface area contributed by atoms with E-state index < -0.39 is 35.4 Å². The van der Waals surface area contributed by atoms with Crippen LogP contribution in [-0.2, 0) is 32.0 Å². The summed E-state index contributed by atoms with van der Waals surface area (Å²) in [5.74, 6) is -1.44. The summed E-state index contributed by atoms with van der Waals surface area (Å²) in [5, 5.41) is 6.53. The summed E-state index contributed by atoms with van der Waals surface area (Å²) in [6.07, 6.45) is 3.00. The third-order valence-corrected chi connectivity index (χ3v) is 5.76. The number of hydrogen-bond acceptors (Lipinski definition) is 5. The largest absolute Gasteiger partial charge is 0.464 e. The highest BCUT2D eigenvalue weighted by atomic mass is 16.5. The van der Waals surface area contributed by atoms with Crippen molar-refractivity contribution in [2.45, 2.75) is 57.7 Å². The van der Waals surface area contributed by atoms with Crippen LogP contribution < -0.4 is 16.4 Å². The molecule has 1 heterocycles. The quantitative estimate of drug-likeness (QED) is 0.315. The van der Waals surface area contributed by atoms with E-state index in [0.29, 0.717) is 12.8 Å². The standard InChI is InChI=1S/C27H34N4O4/c1-4-35-25(33)22(15-14-18-10-6-5-7-11-18)30-24(32)23(31-26(34)27(2,3)28)16-19-17-29-21-13-9-8-12-20(19)21/h5-13,17,22-23,29H,4,14-16,28H2,1-3H3,(H,30,32)(H,31,34)/t22-,23?/m0/s1. The van der Waals surface area contributed by atoms with Crippen molar-refractivity contribution in [1.29, 1.82) is 0 Å². The van der Waals surface area contributed by atoms with Crippen molar-refractivity contribution in [1.82, 2.24) is 15.6 Å². The molecule has 0 bridgehead atoms. The highest BCUT2D eigenvalue weighted by Gasteiger charge is 2.31. The van der Waals surface area contributed by atoms with Crippen molar-refractivity contribution in [2.75, 3.05) is 6.61 Å². The van der Waals surface area contributed by atoms with Gasteiger partial charge in [0.25, 0.3) is 0 Å². The van der Waals surface area contributed by atoms with Crippen molar-refractivity contribution in [2.24, 2.45) is 5.73 Å². The summed E-state index contributed by atoms with van der Waals surface area (Å²) in [6.45, 7) is 5.07. The van der Waals surface area contributed by atoms with Gasteiger partial charge in [0.05, 0.1) is 12.1 Å². The second-order valence-corrected chi connectivity index (χ2v) is 9.15. The van der Waals surface area contributed by atoms with E-state index in [9.17, 15) is 14.4 Å². The molecule has 0 fully saturated rings. The predicted molar refractivity (Wildman–Crippen MR) is 136 cm³/mol. The molecule has 0 aliphatic rings. The maximum Gasteiger partial charge on any atom is 0.328 e. The Labute approximate surface area is 205 Å². The van der Waals surface area contributed by atoms with Gasteiger partial charge in [0.2, 0.25) is 11.8 Å². The summed E-state index contributed by atoms with van der Waals surface area (Å²) < 4.78 is 5.21. The lowest BCUT2D eigenvalue weighted by Crippen LogP contribution is -2.58. The van der Waals surface area contributed by atoms with Crippen LogP contribution in [0.4, 0.5) is 0 Å². The first-order valence-corrected chi connectivity index (χ1v) is 11.8. The van der Waals surface area contributed by atoms with Crippen LogP contribution in [0.1, 0.15) is 38.3 Å². The monoisotopic (exact) mass is 478 g/mol. The van der Waals surface area contributed by atoms with Gasteiger partial charge in [0.1, 0.15) is 12.1 Å². The Hall–Kier alpha value is -3.65. The van der Waals surface area contributed by atoms with Crippen LogP contribution in [-0.4, -0.2) is 47.0 Å². The fourth-order valence-corrected chi connectivity index (χ4v) is 3.79. The van der Waals surface area contributed by atoms with Crippen molar-refractivity contribution in [3.63, 3.8) is 0 Å². The number of hydrogen-bond donors (Lipinski definition) is 4. The first-order chi connectivity index (χ1) is 16.7. The maximum atomic E-state index is 13.4. The number of benzene rings is 2. The van der Waals surface area contributed by atoms with E-state index in [2.05, 4.69) is 15.6 Å². The molecule has 35 heavy (non-hydrogen) atoms. The van der Waals surface area contributed by atoms with Crippen LogP contribution in [0.2, 0.25) is 0 Å². The van der Waals surface area contributed by atoms with E-state index in [0.717, 1.165) is 22.0 Å². The van der Waals surface area contributed by atoms with Gasteiger partial charge in [-0.05, 0) is 50.8 Å². The predicted octanol–water partition coefficient (Wildman–Crippen LogP) is 2.61. The Kier molecular flexibility index (Phi) is 8.65. The molecule has 1 aromatic heterocycles. The topological polar surface area (TPSA) is 126 Å². The molecular formula is C27H34N4O4. The van der Waals surface area contributed by atoms with Crippen LogP contribution >= 0.6 is 0 Å². The molecule has 0 spiro atoms. The Bertz CT molecular complexity index is 1150. The molecular weight excluding hydrogens is 444 g/mol. The second kappa shape index (κ2) is 11.7. The van der Waals surface area contributed by atoms with Crippen molar-refractivity contribution < 1.29 is 19.1 Å². The Morgan fingerprint density at radius 3 is 2.37 bits per heavy atom. The Morgan fingerprint density at radius 2 is 1.69 bits per heavy atom. The molecule has 186 valence electrons. The fourth-order valence-electron chi connectivity index (χ4n) is 3.79. The maximum absolute atomic E-state index is 13.4. The number of esters is 1. The molecule has 3 rings (SSSR count). The molecule has 0 saturated heterocycles. The molecule has 0 saturated carbocycles. The smallest absolute Gasteiger partial charge is 0.328 e. The molecule has 3 aromatic rings. The van der Waals surface area contributed by atoms with Crippen molar-refractivity contribution in [3.8, 4) is 0 Å². The number of para-hydroxylation sites is 1. The molecule has 0 aliphatic carbocycles. The Balaban J connectivity index is 1.81. The normalized spacial score (nSPS) is 13.1. The van der Waals surface area contributed by atoms with E-state index in [-0.39, 0.29) is 13.0 Å². The van der Waals surface area contributed by atoms with Gasteiger partial charge in [-0.2, -0.15) is 0 Å². The number of ether oxygens (including phenoxy) is 1. The summed E-state index contributed by atoms with van der Waals surface area (Å²) >= 11 is 0. The number of amides is 2. The van der Waals surface area contributed by atoms with Gasteiger partial charge < -0.3 is 26.1 Å². The van der Waals surface area contributed by atoms with E-state index in [4.69, 9.17) is 10.5 Å². The molecule has 0 radical (unpaired) electrons. The number of nitrogens with two attached hydrogens (primary N) is 1. The number of aromatic nitrogens is 1. The first kappa shape index (κ1) is 26.0. The van der Waals surface area contributed by atoms with E-state index in [1.165, 1.54) is 0 Å². The van der Waals surface area contributed by atoms with Gasteiger partial charge in [-0.3, -0.25) is 9.59 Å². The van der Waals surface area contributed by atoms with Crippen LogP contribution in [0, 0.1) is 0 Å². The van der Waals surface area contributed by atoms with E-state index >= 15 is 0 Å². The third-order valence-electron chi connectivity index (χ3n) is 5.76. The minimum Gasteiger partial charge on any atom is -0.464 e. The zero-order valence-electron chi connectivity index (χ0n) is 20.5. The molecule has 8 heteroatoms. The second-order valence-electron chi connectivity index (χ2n) is 9.15. The zero-order chi connectivity index (χ0) is 25.4. The molecule has 2 amide bonds. The highest BCUT2D eigenvalue weighted by molar-refractivity contribution is 5.94. The number of H-pyrrole nitrogens is 1. The van der Waals surface area contributed by atoms with Crippen LogP contribution in [0.5, 0.6) is 0 Å². The molecule has 5 N–H and O–H groups in total. The van der Waals surface area contributed by atoms with Gasteiger partial charge in [-0.25, -0.2) is 4.79 Å². The molecule has 2 atom stereocenters. The lowest BCUT2D eigenvalue weighted by Gasteiger charge is -2.26. The molecule has 8 nitrogen and oxygen atoms in total. The number of aryl methyl sites for hydroxylation is 1. The van der Waals surface area contributed by atoms with Gasteiger partial charge in [-0.1, -0.05) is 48.5 Å². The SMILES string of the molecule is CCOC(=O)[C@H](CCc1ccccc1)NC(=O)C(Cc1c[nH]c2ccccc12)NC(=O)C(C)(C)N. The van der Waals surface area contributed by atoms with Gasteiger partial charge in [0.15, 0.2) is 0 Å². The molecule has 0 aliphatic heterocycles. The number of nitrogens with one attached hydrogen (secondary N) is 3. The lowest BCUT2D eigenvalue weighted by atomic mass is 10.0. The number of carbonyl (C=O) groups is 3. The summed E-state index contributed by atoms with van der Waals surface area (Å²) in [7, 11) is 0. The lowest BCUT2D eigenvalue weighted by molar-refractivity contribution is -0.147. The highest BCUT2D eigenvalue weighted by Crippen LogP contribution is 2.19. The van der Waals surface area contributed by atoms with Crippen LogP contribution in [0.25, 0.3) is 10.9 Å². The number of carbonyl (C=O) groups excluding carboxylic acids is 3. The minimum atomic E-state index is -1.17. The van der Waals surface area contributed by atoms with Gasteiger partial charge in [0, 0.05) is 23.5 Å². The van der Waals surface area contributed by atoms with Crippen LogP contribution in [0.15, 0.2) is 60.8 Å². The molecule has 1 unspecified atom stereocenters. The van der Waals surface area contributed by atoms with Gasteiger partial charge in [-0.15, -0.1) is 0 Å². The summed E-state index contributed by atoms with van der Waals surface area (Å²) in [5.41, 5.74) is 7.64. The average molecular weight is 479 g/mol. The summed E-state index contributed by atoms with van der Waals surface area (Å²) in [6, 6.07) is 15.6. The molecule has 2 aromatic carbocycles. The fraction of sp³-hybridized carbons (Fsp3) is 0.370. The summed E-state index contributed by atoms with van der Waals surface area (Å²) in [4.78, 5) is 41.9. The number of rotatable bonds is 11. The van der Waals surface area contributed by atoms with Crippen molar-refractivity contribution in [3.05, 3.63) is 71.9 Å². The van der Waals surface area contributed by atoms with E-state index in [1.807, 2.05) is 60.8 Å². The van der Waals surface area contributed by atoms with E-state index in [1.54, 1.807) is 20.8 Å². The number of fused-ring (bicyclic) bond motifs is 1. The van der Waals surface area contributed by atoms with Gasteiger partial charge >= 0.3 is 5.97 Å². The number of aromatic amines is 1. The minimum absolute atomic E-state index is 0.202. The first-order valence-electron chi connectivity index (χ1n) is 11.8. The zero-order valence-corrected chi connectivity index (χ0v) is 20.5. The van der Waals surface area contributed by atoms with Crippen LogP contribution in [0.3, 0.4) is 0 Å². The van der Waals surface area contributed by atoms with Crippen molar-refractivity contribution >= 4 is 28.7 Å². The third kappa shape index (κ3) is 7.16.